The Bertz CT molecular complexity index is 523. The first-order valence-electron chi connectivity index (χ1n) is 6.91. The van der Waals surface area contributed by atoms with Gasteiger partial charge in [-0.2, -0.15) is 0 Å². The SMILES string of the molecule is COCOCc1cc([C@@H](O)[C@H]2CO2)cc2c1OC(C)(C)O2. The van der Waals surface area contributed by atoms with Crippen LogP contribution in [0.25, 0.3) is 0 Å². The zero-order valence-electron chi connectivity index (χ0n) is 12.4. The molecule has 1 aromatic carbocycles. The number of aliphatic hydroxyl groups is 1. The number of benzene rings is 1. The van der Waals surface area contributed by atoms with Crippen molar-refractivity contribution in [3.05, 3.63) is 23.3 Å². The summed E-state index contributed by atoms with van der Waals surface area (Å²) in [4.78, 5) is 0. The van der Waals surface area contributed by atoms with Crippen LogP contribution < -0.4 is 9.47 Å². The first-order valence-corrected chi connectivity index (χ1v) is 6.91. The van der Waals surface area contributed by atoms with Gasteiger partial charge in [-0.15, -0.1) is 0 Å². The molecule has 2 atom stereocenters. The molecule has 0 radical (unpaired) electrons. The highest BCUT2D eigenvalue weighted by Crippen LogP contribution is 2.44. The van der Waals surface area contributed by atoms with Crippen molar-refractivity contribution < 1.29 is 28.8 Å². The van der Waals surface area contributed by atoms with E-state index in [-0.39, 0.29) is 12.9 Å². The lowest BCUT2D eigenvalue weighted by Gasteiger charge is -2.16. The van der Waals surface area contributed by atoms with Crippen LogP contribution in [0.1, 0.15) is 31.1 Å². The Balaban J connectivity index is 1.89. The molecule has 2 aliphatic rings. The van der Waals surface area contributed by atoms with Crippen molar-refractivity contribution in [2.45, 2.75) is 38.4 Å². The van der Waals surface area contributed by atoms with Crippen molar-refractivity contribution in [2.24, 2.45) is 0 Å². The average Bonchev–Trinajstić information content (AvgIpc) is 3.20. The molecule has 0 amide bonds. The van der Waals surface area contributed by atoms with Crippen LogP contribution in [0.3, 0.4) is 0 Å². The van der Waals surface area contributed by atoms with Gasteiger partial charge in [-0.05, 0) is 17.7 Å². The summed E-state index contributed by atoms with van der Waals surface area (Å²) in [7, 11) is 1.57. The van der Waals surface area contributed by atoms with Crippen molar-refractivity contribution in [3.8, 4) is 11.5 Å². The van der Waals surface area contributed by atoms with Crippen LogP contribution in [0.2, 0.25) is 0 Å². The molecule has 3 rings (SSSR count). The van der Waals surface area contributed by atoms with Gasteiger partial charge < -0.3 is 28.8 Å². The molecule has 6 nitrogen and oxygen atoms in total. The van der Waals surface area contributed by atoms with Gasteiger partial charge >= 0.3 is 0 Å². The highest BCUT2D eigenvalue weighted by Gasteiger charge is 2.37. The van der Waals surface area contributed by atoms with Crippen LogP contribution in [0.15, 0.2) is 12.1 Å². The second kappa shape index (κ2) is 5.46. The summed E-state index contributed by atoms with van der Waals surface area (Å²) in [5.41, 5.74) is 1.57. The van der Waals surface area contributed by atoms with Crippen molar-refractivity contribution in [1.29, 1.82) is 0 Å². The molecule has 116 valence electrons. The largest absolute Gasteiger partial charge is 0.449 e. The van der Waals surface area contributed by atoms with E-state index in [2.05, 4.69) is 0 Å². The van der Waals surface area contributed by atoms with Gasteiger partial charge in [-0.3, -0.25) is 0 Å². The monoisotopic (exact) mass is 296 g/mol. The topological polar surface area (TPSA) is 69.7 Å². The number of ether oxygens (including phenoxy) is 5. The highest BCUT2D eigenvalue weighted by atomic mass is 16.7. The molecule has 1 fully saturated rings. The number of epoxide rings is 1. The summed E-state index contributed by atoms with van der Waals surface area (Å²) >= 11 is 0. The molecule has 2 aliphatic heterocycles. The van der Waals surface area contributed by atoms with Crippen LogP contribution in [0.5, 0.6) is 11.5 Å². The quantitative estimate of drug-likeness (QED) is 0.490. The van der Waals surface area contributed by atoms with Gasteiger partial charge in [-0.25, -0.2) is 0 Å². The summed E-state index contributed by atoms with van der Waals surface area (Å²) < 4.78 is 27.0. The van der Waals surface area contributed by atoms with E-state index in [0.717, 1.165) is 11.1 Å². The third kappa shape index (κ3) is 3.13. The Morgan fingerprint density at radius 3 is 2.81 bits per heavy atom. The Labute approximate surface area is 123 Å². The van der Waals surface area contributed by atoms with Crippen molar-refractivity contribution in [3.63, 3.8) is 0 Å². The molecule has 1 saturated heterocycles. The lowest BCUT2D eigenvalue weighted by atomic mass is 10.0. The second-order valence-corrected chi connectivity index (χ2v) is 5.68. The maximum Gasteiger partial charge on any atom is 0.246 e. The molecule has 0 aliphatic carbocycles. The summed E-state index contributed by atoms with van der Waals surface area (Å²) in [5.74, 6) is 0.551. The number of fused-ring (bicyclic) bond motifs is 1. The van der Waals surface area contributed by atoms with E-state index in [1.807, 2.05) is 19.9 Å². The predicted molar refractivity (Wildman–Crippen MR) is 73.1 cm³/mol. The maximum absolute atomic E-state index is 10.2. The van der Waals surface area contributed by atoms with E-state index in [0.29, 0.717) is 24.7 Å². The van der Waals surface area contributed by atoms with Gasteiger partial charge in [0, 0.05) is 26.5 Å². The Morgan fingerprint density at radius 1 is 1.38 bits per heavy atom. The lowest BCUT2D eigenvalue weighted by molar-refractivity contribution is -0.0494. The first kappa shape index (κ1) is 14.6. The van der Waals surface area contributed by atoms with Gasteiger partial charge in [0.05, 0.1) is 13.2 Å². The number of aliphatic hydroxyl groups excluding tert-OH is 1. The second-order valence-electron chi connectivity index (χ2n) is 5.68. The Kier molecular flexibility index (Phi) is 3.79. The molecule has 2 heterocycles. The number of hydrogen-bond acceptors (Lipinski definition) is 6. The molecular formula is C15H20O6. The minimum absolute atomic E-state index is 0.133. The normalized spacial score (nSPS) is 23.1. The number of hydrogen-bond donors (Lipinski definition) is 1. The van der Waals surface area contributed by atoms with E-state index < -0.39 is 11.9 Å². The highest BCUT2D eigenvalue weighted by molar-refractivity contribution is 5.52. The van der Waals surface area contributed by atoms with Gasteiger partial charge in [0.15, 0.2) is 11.5 Å². The Morgan fingerprint density at radius 2 is 2.14 bits per heavy atom. The molecule has 0 saturated carbocycles. The average molecular weight is 296 g/mol. The van der Waals surface area contributed by atoms with E-state index in [1.54, 1.807) is 13.2 Å². The fourth-order valence-electron chi connectivity index (χ4n) is 2.37. The molecule has 1 aromatic rings. The smallest absolute Gasteiger partial charge is 0.246 e. The third-order valence-corrected chi connectivity index (χ3v) is 3.37. The minimum atomic E-state index is -0.724. The molecule has 6 heteroatoms. The standard InChI is InChI=1S/C15H20O6/c1-15(2)20-11-5-9(13(16)12-7-19-12)4-10(14(11)21-15)6-18-8-17-3/h4-5,12-13,16H,6-8H2,1-3H3/t12-,13-/m1/s1. The van der Waals surface area contributed by atoms with Crippen LogP contribution in [-0.2, 0) is 20.8 Å². The fourth-order valence-corrected chi connectivity index (χ4v) is 2.37. The van der Waals surface area contributed by atoms with Gasteiger partial charge in [0.25, 0.3) is 0 Å². The molecule has 0 unspecified atom stereocenters. The van der Waals surface area contributed by atoms with Crippen LogP contribution in [-0.4, -0.2) is 37.5 Å². The predicted octanol–water partition coefficient (Wildman–Crippen LogP) is 1.75. The van der Waals surface area contributed by atoms with E-state index >= 15 is 0 Å². The molecular weight excluding hydrogens is 276 g/mol. The minimum Gasteiger partial charge on any atom is -0.449 e. The molecule has 0 spiro atoms. The summed E-state index contributed by atoms with van der Waals surface area (Å²) in [6, 6.07) is 3.67. The number of methoxy groups -OCH3 is 1. The van der Waals surface area contributed by atoms with Crippen molar-refractivity contribution in [2.75, 3.05) is 20.5 Å². The number of rotatable bonds is 6. The maximum atomic E-state index is 10.2. The zero-order valence-corrected chi connectivity index (χ0v) is 12.4. The van der Waals surface area contributed by atoms with E-state index in [1.165, 1.54) is 0 Å². The lowest BCUT2D eigenvalue weighted by Crippen LogP contribution is -2.29. The van der Waals surface area contributed by atoms with Gasteiger partial charge in [0.1, 0.15) is 19.0 Å². The van der Waals surface area contributed by atoms with E-state index in [9.17, 15) is 5.11 Å². The molecule has 0 aromatic heterocycles. The van der Waals surface area contributed by atoms with Gasteiger partial charge in [0.2, 0.25) is 5.79 Å². The molecule has 0 bridgehead atoms. The zero-order chi connectivity index (χ0) is 15.0. The van der Waals surface area contributed by atoms with Crippen LogP contribution >= 0.6 is 0 Å². The van der Waals surface area contributed by atoms with Crippen LogP contribution in [0, 0.1) is 0 Å². The van der Waals surface area contributed by atoms with Gasteiger partial charge in [-0.1, -0.05) is 0 Å². The van der Waals surface area contributed by atoms with E-state index in [4.69, 9.17) is 23.7 Å². The summed E-state index contributed by atoms with van der Waals surface area (Å²) in [6.45, 7) is 4.77. The van der Waals surface area contributed by atoms with Crippen molar-refractivity contribution >= 4 is 0 Å². The first-order chi connectivity index (χ1) is 10.00. The third-order valence-electron chi connectivity index (χ3n) is 3.37. The molecule has 21 heavy (non-hydrogen) atoms. The molecule has 1 N–H and O–H groups in total. The summed E-state index contributed by atoms with van der Waals surface area (Å²) in [6.07, 6.45) is -0.796. The van der Waals surface area contributed by atoms with Crippen LogP contribution in [0.4, 0.5) is 0 Å². The van der Waals surface area contributed by atoms with Crippen molar-refractivity contribution in [1.82, 2.24) is 0 Å². The fraction of sp³-hybridized carbons (Fsp3) is 0.600. The Hall–Kier alpha value is -1.34. The summed E-state index contributed by atoms with van der Waals surface area (Å²) in [5, 5.41) is 10.2.